The molecule has 1 atom stereocenters. The van der Waals surface area contributed by atoms with Gasteiger partial charge >= 0.3 is 6.18 Å². The molecule has 1 heterocycles. The molecule has 0 aromatic heterocycles. The van der Waals surface area contributed by atoms with Gasteiger partial charge in [0.15, 0.2) is 5.96 Å². The molecule has 0 bridgehead atoms. The van der Waals surface area contributed by atoms with Crippen molar-refractivity contribution in [2.75, 3.05) is 66.2 Å². The summed E-state index contributed by atoms with van der Waals surface area (Å²) >= 11 is 0. The van der Waals surface area contributed by atoms with Crippen LogP contribution in [-0.4, -0.2) is 94.2 Å². The van der Waals surface area contributed by atoms with Gasteiger partial charge in [0.1, 0.15) is 6.04 Å². The number of aliphatic imine (C=N–C) groups is 1. The van der Waals surface area contributed by atoms with Gasteiger partial charge in [0, 0.05) is 53.0 Å². The van der Waals surface area contributed by atoms with Gasteiger partial charge in [0.05, 0.1) is 13.2 Å². The molecule has 0 saturated carbocycles. The molecule has 9 heteroatoms. The zero-order valence-electron chi connectivity index (χ0n) is 16.1. The molecule has 0 aromatic rings. The molecule has 1 N–H and O–H groups in total. The summed E-state index contributed by atoms with van der Waals surface area (Å²) in [7, 11) is 1.64. The fourth-order valence-electron chi connectivity index (χ4n) is 2.70. The Morgan fingerprint density at radius 2 is 1.81 bits per heavy atom. The van der Waals surface area contributed by atoms with Gasteiger partial charge in [0.25, 0.3) is 0 Å². The average molecular weight is 382 g/mol. The number of rotatable bonds is 10. The number of unbranched alkanes of at least 4 members (excludes halogenated alkanes) is 1. The first kappa shape index (κ1) is 23.0. The molecule has 1 saturated heterocycles. The molecule has 0 amide bonds. The Hall–Kier alpha value is -1.06. The van der Waals surface area contributed by atoms with Crippen molar-refractivity contribution in [3.8, 4) is 0 Å². The number of hydrogen-bond donors (Lipinski definition) is 1. The Balaban J connectivity index is 2.36. The maximum absolute atomic E-state index is 12.8. The number of piperazine rings is 1. The van der Waals surface area contributed by atoms with Crippen LogP contribution < -0.4 is 5.32 Å². The first-order chi connectivity index (χ1) is 12.4. The van der Waals surface area contributed by atoms with Crippen molar-refractivity contribution >= 4 is 5.96 Å². The summed E-state index contributed by atoms with van der Waals surface area (Å²) in [4.78, 5) is 8.12. The van der Waals surface area contributed by atoms with Crippen LogP contribution in [0.15, 0.2) is 4.99 Å². The van der Waals surface area contributed by atoms with E-state index in [1.54, 1.807) is 7.11 Å². The average Bonchev–Trinajstić information content (AvgIpc) is 2.62. The van der Waals surface area contributed by atoms with Crippen molar-refractivity contribution in [2.45, 2.75) is 38.9 Å². The molecular weight excluding hydrogens is 349 g/mol. The van der Waals surface area contributed by atoms with E-state index < -0.39 is 12.2 Å². The highest BCUT2D eigenvalue weighted by molar-refractivity contribution is 5.80. The van der Waals surface area contributed by atoms with E-state index in [1.165, 1.54) is 11.8 Å². The number of halogens is 3. The summed E-state index contributed by atoms with van der Waals surface area (Å²) in [6.07, 6.45) is -2.34. The third-order valence-corrected chi connectivity index (χ3v) is 4.36. The molecule has 1 aliphatic rings. The predicted octanol–water partition coefficient (Wildman–Crippen LogP) is 1.96. The van der Waals surface area contributed by atoms with Crippen molar-refractivity contribution in [3.05, 3.63) is 0 Å². The van der Waals surface area contributed by atoms with Crippen LogP contribution in [0.3, 0.4) is 0 Å². The number of hydrogen-bond acceptors (Lipinski definition) is 4. The third kappa shape index (κ3) is 8.55. The van der Waals surface area contributed by atoms with Gasteiger partial charge in [-0.3, -0.25) is 9.89 Å². The fourth-order valence-corrected chi connectivity index (χ4v) is 2.70. The van der Waals surface area contributed by atoms with Crippen molar-refractivity contribution in [2.24, 2.45) is 4.99 Å². The maximum Gasteiger partial charge on any atom is 0.403 e. The quantitative estimate of drug-likeness (QED) is 0.356. The highest BCUT2D eigenvalue weighted by Gasteiger charge is 2.41. The summed E-state index contributed by atoms with van der Waals surface area (Å²) in [5, 5.41) is 3.23. The number of guanidine groups is 1. The Morgan fingerprint density at radius 1 is 1.12 bits per heavy atom. The summed E-state index contributed by atoms with van der Waals surface area (Å²) in [5.74, 6) is 0.784. The molecule has 26 heavy (non-hydrogen) atoms. The van der Waals surface area contributed by atoms with Crippen LogP contribution in [0.25, 0.3) is 0 Å². The third-order valence-electron chi connectivity index (χ3n) is 4.36. The lowest BCUT2D eigenvalue weighted by Gasteiger charge is -2.39. The monoisotopic (exact) mass is 382 g/mol. The zero-order chi connectivity index (χ0) is 19.4. The van der Waals surface area contributed by atoms with Crippen molar-refractivity contribution in [3.63, 3.8) is 0 Å². The second-order valence-corrected chi connectivity index (χ2v) is 6.29. The van der Waals surface area contributed by atoms with E-state index in [-0.39, 0.29) is 0 Å². The molecule has 154 valence electrons. The summed E-state index contributed by atoms with van der Waals surface area (Å²) in [6.45, 7) is 8.38. The fraction of sp³-hybridized carbons (Fsp3) is 0.941. The van der Waals surface area contributed by atoms with Gasteiger partial charge in [-0.15, -0.1) is 0 Å². The van der Waals surface area contributed by atoms with Crippen LogP contribution in [0.5, 0.6) is 0 Å². The Kier molecular flexibility index (Phi) is 10.9. The molecule has 1 fully saturated rings. The number of nitrogens with zero attached hydrogens (tertiary/aromatic N) is 3. The SMILES string of the molecule is CCNC(=NCCCCOCCOC)N1CCN(C(C)C(F)(F)F)CC1. The van der Waals surface area contributed by atoms with E-state index in [0.717, 1.165) is 25.3 Å². The normalized spacial score (nSPS) is 18.2. The van der Waals surface area contributed by atoms with Gasteiger partial charge < -0.3 is 19.7 Å². The van der Waals surface area contributed by atoms with E-state index in [2.05, 4.69) is 10.3 Å². The standard InChI is InChI=1S/C17H33F3N4O2/c1-4-21-16(22-7-5-6-12-26-14-13-25-3)24-10-8-23(9-11-24)15(2)17(18,19)20/h15H,4-14H2,1-3H3,(H,21,22). The number of ether oxygens (including phenoxy) is 2. The van der Waals surface area contributed by atoms with Crippen molar-refractivity contribution < 1.29 is 22.6 Å². The van der Waals surface area contributed by atoms with E-state index in [4.69, 9.17) is 9.47 Å². The molecule has 0 aromatic carbocycles. The van der Waals surface area contributed by atoms with Crippen LogP contribution >= 0.6 is 0 Å². The van der Waals surface area contributed by atoms with Crippen molar-refractivity contribution in [1.82, 2.24) is 15.1 Å². The topological polar surface area (TPSA) is 49.3 Å². The summed E-state index contributed by atoms with van der Waals surface area (Å²) in [6, 6.07) is -1.40. The summed E-state index contributed by atoms with van der Waals surface area (Å²) in [5.41, 5.74) is 0. The largest absolute Gasteiger partial charge is 0.403 e. The molecule has 0 aliphatic carbocycles. The Labute approximate surface area is 154 Å². The van der Waals surface area contributed by atoms with Gasteiger partial charge in [-0.1, -0.05) is 0 Å². The van der Waals surface area contributed by atoms with Crippen LogP contribution in [0.2, 0.25) is 0 Å². The van der Waals surface area contributed by atoms with Crippen LogP contribution in [0, 0.1) is 0 Å². The van der Waals surface area contributed by atoms with E-state index in [0.29, 0.717) is 52.5 Å². The highest BCUT2D eigenvalue weighted by Crippen LogP contribution is 2.25. The maximum atomic E-state index is 12.8. The highest BCUT2D eigenvalue weighted by atomic mass is 19.4. The minimum absolute atomic E-state index is 0.387. The van der Waals surface area contributed by atoms with Gasteiger partial charge in [-0.25, -0.2) is 0 Å². The molecule has 1 rings (SSSR count). The first-order valence-electron chi connectivity index (χ1n) is 9.30. The van der Waals surface area contributed by atoms with E-state index in [1.807, 2.05) is 11.8 Å². The van der Waals surface area contributed by atoms with Crippen LogP contribution in [0.4, 0.5) is 13.2 Å². The number of nitrogens with one attached hydrogen (secondary N) is 1. The molecular formula is C17H33F3N4O2. The zero-order valence-corrected chi connectivity index (χ0v) is 16.1. The number of alkyl halides is 3. The van der Waals surface area contributed by atoms with E-state index >= 15 is 0 Å². The van der Waals surface area contributed by atoms with Gasteiger partial charge in [-0.05, 0) is 26.7 Å². The second-order valence-electron chi connectivity index (χ2n) is 6.29. The second kappa shape index (κ2) is 12.3. The predicted molar refractivity (Wildman–Crippen MR) is 96.6 cm³/mol. The lowest BCUT2D eigenvalue weighted by Crippen LogP contribution is -2.56. The van der Waals surface area contributed by atoms with Crippen LogP contribution in [-0.2, 0) is 9.47 Å². The van der Waals surface area contributed by atoms with Gasteiger partial charge in [0.2, 0.25) is 0 Å². The van der Waals surface area contributed by atoms with Crippen molar-refractivity contribution in [1.29, 1.82) is 0 Å². The Bertz CT molecular complexity index is 400. The molecule has 6 nitrogen and oxygen atoms in total. The minimum Gasteiger partial charge on any atom is -0.382 e. The summed E-state index contributed by atoms with van der Waals surface area (Å²) < 4.78 is 48.8. The molecule has 0 radical (unpaired) electrons. The molecule has 1 unspecified atom stereocenters. The number of methoxy groups -OCH3 is 1. The van der Waals surface area contributed by atoms with Gasteiger partial charge in [-0.2, -0.15) is 13.2 Å². The van der Waals surface area contributed by atoms with Crippen LogP contribution in [0.1, 0.15) is 26.7 Å². The lowest BCUT2D eigenvalue weighted by molar-refractivity contribution is -0.181. The Morgan fingerprint density at radius 3 is 2.38 bits per heavy atom. The molecule has 1 aliphatic heterocycles. The first-order valence-corrected chi connectivity index (χ1v) is 9.30. The molecule has 0 spiro atoms. The smallest absolute Gasteiger partial charge is 0.382 e. The lowest BCUT2D eigenvalue weighted by atomic mass is 10.2. The minimum atomic E-state index is -4.17. The van der Waals surface area contributed by atoms with E-state index in [9.17, 15) is 13.2 Å².